The number of non-ortho nitro benzene ring substituents is 1. The lowest BCUT2D eigenvalue weighted by molar-refractivity contribution is -0.384. The zero-order chi connectivity index (χ0) is 12.1. The number of nitrogens with one attached hydrogen (secondary N) is 1. The first-order valence-corrected chi connectivity index (χ1v) is 5.10. The molecule has 16 heavy (non-hydrogen) atoms. The highest BCUT2D eigenvalue weighted by Gasteiger charge is 2.12. The maximum atomic E-state index is 11.7. The maximum absolute atomic E-state index is 11.7. The minimum absolute atomic E-state index is 0.0618. The number of carbonyl (C=O) groups is 1. The summed E-state index contributed by atoms with van der Waals surface area (Å²) in [5.41, 5.74) is 0.242. The second-order valence-corrected chi connectivity index (χ2v) is 3.59. The zero-order valence-electron chi connectivity index (χ0n) is 9.27. The lowest BCUT2D eigenvalue weighted by atomic mass is 10.1. The van der Waals surface area contributed by atoms with E-state index in [0.29, 0.717) is 5.56 Å². The van der Waals surface area contributed by atoms with Gasteiger partial charge in [0.1, 0.15) is 0 Å². The van der Waals surface area contributed by atoms with Gasteiger partial charge in [-0.1, -0.05) is 13.0 Å². The molecule has 0 aliphatic heterocycles. The minimum Gasteiger partial charge on any atom is -0.350 e. The van der Waals surface area contributed by atoms with Crippen molar-refractivity contribution in [3.63, 3.8) is 0 Å². The molecule has 0 radical (unpaired) electrons. The highest BCUT2D eigenvalue weighted by atomic mass is 16.6. The molecule has 1 aromatic rings. The molecule has 86 valence electrons. The molecule has 0 bridgehead atoms. The summed E-state index contributed by atoms with van der Waals surface area (Å²) in [6, 6.07) is 5.76. The summed E-state index contributed by atoms with van der Waals surface area (Å²) in [6.07, 6.45) is 0.820. The Kier molecular flexibility index (Phi) is 3.99. The fourth-order valence-corrected chi connectivity index (χ4v) is 1.17. The lowest BCUT2D eigenvalue weighted by Crippen LogP contribution is -2.31. The molecule has 0 unspecified atom stereocenters. The first-order chi connectivity index (χ1) is 7.54. The van der Waals surface area contributed by atoms with E-state index in [-0.39, 0.29) is 17.6 Å². The second-order valence-electron chi connectivity index (χ2n) is 3.59. The van der Waals surface area contributed by atoms with Gasteiger partial charge in [-0.15, -0.1) is 0 Å². The predicted octanol–water partition coefficient (Wildman–Crippen LogP) is 2.12. The van der Waals surface area contributed by atoms with E-state index in [1.165, 1.54) is 18.2 Å². The van der Waals surface area contributed by atoms with Crippen LogP contribution in [0.1, 0.15) is 30.6 Å². The van der Waals surface area contributed by atoms with Crippen molar-refractivity contribution in [2.45, 2.75) is 26.3 Å². The van der Waals surface area contributed by atoms with Crippen LogP contribution >= 0.6 is 0 Å². The largest absolute Gasteiger partial charge is 0.350 e. The van der Waals surface area contributed by atoms with E-state index in [4.69, 9.17) is 0 Å². The van der Waals surface area contributed by atoms with Crippen LogP contribution < -0.4 is 5.32 Å². The van der Waals surface area contributed by atoms with Gasteiger partial charge in [-0.2, -0.15) is 0 Å². The summed E-state index contributed by atoms with van der Waals surface area (Å²) in [5.74, 6) is -0.280. The maximum Gasteiger partial charge on any atom is 0.270 e. The van der Waals surface area contributed by atoms with Crippen LogP contribution in [0.2, 0.25) is 0 Å². The van der Waals surface area contributed by atoms with E-state index in [0.717, 1.165) is 6.42 Å². The van der Waals surface area contributed by atoms with E-state index >= 15 is 0 Å². The quantitative estimate of drug-likeness (QED) is 0.626. The van der Waals surface area contributed by atoms with Crippen LogP contribution in [-0.2, 0) is 0 Å². The Morgan fingerprint density at radius 1 is 1.56 bits per heavy atom. The van der Waals surface area contributed by atoms with E-state index in [2.05, 4.69) is 5.32 Å². The van der Waals surface area contributed by atoms with Crippen LogP contribution in [0.5, 0.6) is 0 Å². The Morgan fingerprint density at radius 2 is 2.25 bits per heavy atom. The Hall–Kier alpha value is -1.91. The van der Waals surface area contributed by atoms with Crippen molar-refractivity contribution >= 4 is 11.6 Å². The van der Waals surface area contributed by atoms with E-state index < -0.39 is 4.92 Å². The number of hydrogen-bond acceptors (Lipinski definition) is 3. The molecule has 1 N–H and O–H groups in total. The van der Waals surface area contributed by atoms with Crippen molar-refractivity contribution in [3.8, 4) is 0 Å². The van der Waals surface area contributed by atoms with Gasteiger partial charge in [0.25, 0.3) is 11.6 Å². The molecule has 0 aliphatic carbocycles. The molecular weight excluding hydrogens is 208 g/mol. The number of nitro groups is 1. The van der Waals surface area contributed by atoms with Crippen LogP contribution in [0, 0.1) is 10.1 Å². The van der Waals surface area contributed by atoms with Crippen LogP contribution in [0.25, 0.3) is 0 Å². The molecule has 1 rings (SSSR count). The van der Waals surface area contributed by atoms with Crippen molar-refractivity contribution in [3.05, 3.63) is 39.9 Å². The van der Waals surface area contributed by atoms with Gasteiger partial charge in [-0.05, 0) is 19.4 Å². The van der Waals surface area contributed by atoms with Gasteiger partial charge in [-0.3, -0.25) is 14.9 Å². The number of benzene rings is 1. The minimum atomic E-state index is -0.514. The Bertz CT molecular complexity index is 404. The van der Waals surface area contributed by atoms with Crippen molar-refractivity contribution in [1.29, 1.82) is 0 Å². The number of hydrogen-bond donors (Lipinski definition) is 1. The average Bonchev–Trinajstić information content (AvgIpc) is 2.28. The van der Waals surface area contributed by atoms with Crippen molar-refractivity contribution in [2.75, 3.05) is 0 Å². The summed E-state index contributed by atoms with van der Waals surface area (Å²) in [6.45, 7) is 3.84. The van der Waals surface area contributed by atoms with Gasteiger partial charge < -0.3 is 5.32 Å². The third-order valence-corrected chi connectivity index (χ3v) is 2.31. The third kappa shape index (κ3) is 3.05. The van der Waals surface area contributed by atoms with Crippen molar-refractivity contribution < 1.29 is 9.72 Å². The highest BCUT2D eigenvalue weighted by Crippen LogP contribution is 2.13. The molecular formula is C11H14N2O3. The van der Waals surface area contributed by atoms with Crippen molar-refractivity contribution in [2.24, 2.45) is 0 Å². The first kappa shape index (κ1) is 12.2. The van der Waals surface area contributed by atoms with Gasteiger partial charge in [0.15, 0.2) is 0 Å². The van der Waals surface area contributed by atoms with E-state index in [1.807, 2.05) is 13.8 Å². The summed E-state index contributed by atoms with van der Waals surface area (Å²) < 4.78 is 0. The van der Waals surface area contributed by atoms with Gasteiger partial charge in [-0.25, -0.2) is 0 Å². The smallest absolute Gasteiger partial charge is 0.270 e. The van der Waals surface area contributed by atoms with Gasteiger partial charge in [0.2, 0.25) is 0 Å². The first-order valence-electron chi connectivity index (χ1n) is 5.10. The molecule has 1 atom stereocenters. The fourth-order valence-electron chi connectivity index (χ4n) is 1.17. The second kappa shape index (κ2) is 5.25. The number of rotatable bonds is 4. The van der Waals surface area contributed by atoms with Crippen molar-refractivity contribution in [1.82, 2.24) is 5.32 Å². The zero-order valence-corrected chi connectivity index (χ0v) is 9.27. The molecule has 5 heteroatoms. The van der Waals surface area contributed by atoms with Gasteiger partial charge in [0, 0.05) is 23.7 Å². The fraction of sp³-hybridized carbons (Fsp3) is 0.364. The number of carbonyl (C=O) groups excluding carboxylic acids is 1. The SMILES string of the molecule is CC[C@@H](C)NC(=O)c1cccc([N+](=O)[O-])c1. The molecule has 1 amide bonds. The third-order valence-electron chi connectivity index (χ3n) is 2.31. The molecule has 5 nitrogen and oxygen atoms in total. The summed E-state index contributed by atoms with van der Waals surface area (Å²) in [4.78, 5) is 21.7. The molecule has 0 heterocycles. The lowest BCUT2D eigenvalue weighted by Gasteiger charge is -2.10. The average molecular weight is 222 g/mol. The van der Waals surface area contributed by atoms with E-state index in [1.54, 1.807) is 6.07 Å². The molecule has 1 aromatic carbocycles. The van der Waals surface area contributed by atoms with Crippen LogP contribution in [0.4, 0.5) is 5.69 Å². The van der Waals surface area contributed by atoms with Crippen LogP contribution in [0.3, 0.4) is 0 Å². The Morgan fingerprint density at radius 3 is 2.81 bits per heavy atom. The topological polar surface area (TPSA) is 72.2 Å². The highest BCUT2D eigenvalue weighted by molar-refractivity contribution is 5.94. The number of nitrogens with zero attached hydrogens (tertiary/aromatic N) is 1. The molecule has 0 aromatic heterocycles. The predicted molar refractivity (Wildman–Crippen MR) is 60.3 cm³/mol. The molecule has 0 aliphatic rings. The van der Waals surface area contributed by atoms with E-state index in [9.17, 15) is 14.9 Å². The van der Waals surface area contributed by atoms with Gasteiger partial charge >= 0.3 is 0 Å². The number of amides is 1. The molecule has 0 saturated carbocycles. The normalized spacial score (nSPS) is 11.9. The summed E-state index contributed by atoms with van der Waals surface area (Å²) >= 11 is 0. The Balaban J connectivity index is 2.83. The van der Waals surface area contributed by atoms with Crippen LogP contribution in [-0.4, -0.2) is 16.9 Å². The molecule has 0 fully saturated rings. The summed E-state index contributed by atoms with van der Waals surface area (Å²) in [5, 5.41) is 13.3. The molecule has 0 spiro atoms. The van der Waals surface area contributed by atoms with Gasteiger partial charge in [0.05, 0.1) is 4.92 Å². The summed E-state index contributed by atoms with van der Waals surface area (Å²) in [7, 11) is 0. The standard InChI is InChI=1S/C11H14N2O3/c1-3-8(2)12-11(14)9-5-4-6-10(7-9)13(15)16/h4-8H,3H2,1-2H3,(H,12,14)/t8-/m1/s1. The van der Waals surface area contributed by atoms with Crippen LogP contribution in [0.15, 0.2) is 24.3 Å². The Labute approximate surface area is 93.6 Å². The molecule has 0 saturated heterocycles. The monoisotopic (exact) mass is 222 g/mol. The number of nitro benzene ring substituents is 1.